The molecule has 0 saturated carbocycles. The number of carbonyl (C=O) groups is 1. The van der Waals surface area contributed by atoms with E-state index in [1.807, 2.05) is 0 Å². The van der Waals surface area contributed by atoms with Crippen molar-refractivity contribution in [3.63, 3.8) is 0 Å². The van der Waals surface area contributed by atoms with Crippen LogP contribution in [-0.2, 0) is 4.79 Å². The molecule has 0 spiro atoms. The van der Waals surface area contributed by atoms with E-state index in [2.05, 4.69) is 10.3 Å². The second-order valence-corrected chi connectivity index (χ2v) is 3.18. The highest BCUT2D eigenvalue weighted by molar-refractivity contribution is 5.68. The first-order chi connectivity index (χ1) is 7.99. The Bertz CT molecular complexity index is 460. The highest BCUT2D eigenvalue weighted by Gasteiger charge is 2.05. The average Bonchev–Trinajstić information content (AvgIpc) is 2.26. The largest absolute Gasteiger partial charge is 0.480 e. The van der Waals surface area contributed by atoms with Gasteiger partial charge in [0.05, 0.1) is 10.6 Å². The third-order valence-corrected chi connectivity index (χ3v) is 1.72. The quantitative estimate of drug-likeness (QED) is 0.476. The number of nitro groups is 1. The van der Waals surface area contributed by atoms with Gasteiger partial charge >= 0.3 is 5.97 Å². The molecule has 8 nitrogen and oxygen atoms in total. The van der Waals surface area contributed by atoms with E-state index in [0.29, 0.717) is 0 Å². The number of carboxylic acids is 1. The zero-order valence-corrected chi connectivity index (χ0v) is 8.98. The van der Waals surface area contributed by atoms with Gasteiger partial charge in [-0.1, -0.05) is 11.3 Å². The van der Waals surface area contributed by atoms with Gasteiger partial charge in [0.25, 0.3) is 5.69 Å². The molecule has 0 aliphatic carbocycles. The molecular formula is C9H10N4O4. The molecule has 0 unspecified atom stereocenters. The Morgan fingerprint density at radius 3 is 2.88 bits per heavy atom. The van der Waals surface area contributed by atoms with E-state index in [9.17, 15) is 14.9 Å². The molecule has 1 aromatic carbocycles. The molecule has 0 bridgehead atoms. The maximum absolute atomic E-state index is 10.5. The molecule has 8 heteroatoms. The molecule has 1 aromatic rings. The topological polar surface area (TPSA) is 108 Å². The molecule has 0 saturated heterocycles. The van der Waals surface area contributed by atoms with E-state index in [-0.39, 0.29) is 17.9 Å². The van der Waals surface area contributed by atoms with E-state index >= 15 is 0 Å². The molecule has 0 aliphatic rings. The van der Waals surface area contributed by atoms with Gasteiger partial charge in [0.1, 0.15) is 6.54 Å². The SMILES string of the molecule is CN(CC(=O)O)/N=N/c1cccc([N+](=O)[O-])c1. The lowest BCUT2D eigenvalue weighted by atomic mass is 10.3. The van der Waals surface area contributed by atoms with Gasteiger partial charge in [-0.2, -0.15) is 0 Å². The van der Waals surface area contributed by atoms with Crippen molar-refractivity contribution >= 4 is 17.3 Å². The number of non-ortho nitro benzene ring substituents is 1. The Morgan fingerprint density at radius 1 is 1.59 bits per heavy atom. The Hall–Kier alpha value is -2.51. The number of likely N-dealkylation sites (N-methyl/N-ethyl adjacent to an activating group) is 1. The van der Waals surface area contributed by atoms with Gasteiger partial charge in [0.2, 0.25) is 0 Å². The highest BCUT2D eigenvalue weighted by atomic mass is 16.6. The lowest BCUT2D eigenvalue weighted by molar-refractivity contribution is -0.384. The molecule has 0 aromatic heterocycles. The standard InChI is InChI=1S/C9H10N4O4/c1-12(6-9(14)15)11-10-7-3-2-4-8(5-7)13(16)17/h2-5H,6H2,1H3,(H,14,15)/b11-10+. The van der Waals surface area contributed by atoms with Crippen molar-refractivity contribution in [3.8, 4) is 0 Å². The van der Waals surface area contributed by atoms with Crippen LogP contribution >= 0.6 is 0 Å². The van der Waals surface area contributed by atoms with Crippen LogP contribution in [0.4, 0.5) is 11.4 Å². The van der Waals surface area contributed by atoms with Gasteiger partial charge in [-0.15, -0.1) is 5.11 Å². The van der Waals surface area contributed by atoms with Crippen LogP contribution in [0.5, 0.6) is 0 Å². The summed E-state index contributed by atoms with van der Waals surface area (Å²) in [5, 5.41) is 27.3. The molecule has 0 fully saturated rings. The van der Waals surface area contributed by atoms with Crippen molar-refractivity contribution in [2.24, 2.45) is 10.3 Å². The number of hydrogen-bond acceptors (Lipinski definition) is 5. The summed E-state index contributed by atoms with van der Waals surface area (Å²) in [6.45, 7) is -0.293. The fourth-order valence-electron chi connectivity index (χ4n) is 1.02. The van der Waals surface area contributed by atoms with Gasteiger partial charge in [-0.05, 0) is 6.07 Å². The maximum atomic E-state index is 10.5. The summed E-state index contributed by atoms with van der Waals surface area (Å²) in [6.07, 6.45) is 0. The number of carboxylic acid groups (broad SMARTS) is 1. The first-order valence-electron chi connectivity index (χ1n) is 4.58. The normalized spacial score (nSPS) is 10.4. The van der Waals surface area contributed by atoms with Gasteiger partial charge < -0.3 is 5.11 Å². The van der Waals surface area contributed by atoms with Gasteiger partial charge in [-0.3, -0.25) is 19.9 Å². The van der Waals surface area contributed by atoms with Crippen molar-refractivity contribution in [2.75, 3.05) is 13.6 Å². The summed E-state index contributed by atoms with van der Waals surface area (Å²) in [6, 6.07) is 5.59. The van der Waals surface area contributed by atoms with E-state index in [1.165, 1.54) is 31.3 Å². The fourth-order valence-corrected chi connectivity index (χ4v) is 1.02. The van der Waals surface area contributed by atoms with Crippen molar-refractivity contribution < 1.29 is 14.8 Å². The van der Waals surface area contributed by atoms with Crippen molar-refractivity contribution in [3.05, 3.63) is 34.4 Å². The molecule has 1 N–H and O–H groups in total. The molecule has 0 radical (unpaired) electrons. The molecule has 90 valence electrons. The highest BCUT2D eigenvalue weighted by Crippen LogP contribution is 2.19. The second kappa shape index (κ2) is 5.54. The van der Waals surface area contributed by atoms with Crippen LogP contribution in [0.1, 0.15) is 0 Å². The first kappa shape index (κ1) is 12.6. The lowest BCUT2D eigenvalue weighted by Gasteiger charge is -2.06. The predicted molar refractivity (Wildman–Crippen MR) is 57.9 cm³/mol. The summed E-state index contributed by atoms with van der Waals surface area (Å²) in [4.78, 5) is 20.3. The van der Waals surface area contributed by atoms with Crippen LogP contribution in [0.25, 0.3) is 0 Å². The van der Waals surface area contributed by atoms with Crippen LogP contribution in [0, 0.1) is 10.1 Å². The molecule has 1 rings (SSSR count). The third kappa shape index (κ3) is 4.24. The Morgan fingerprint density at radius 2 is 2.29 bits per heavy atom. The lowest BCUT2D eigenvalue weighted by Crippen LogP contribution is -2.19. The van der Waals surface area contributed by atoms with Crippen LogP contribution in [0.3, 0.4) is 0 Å². The smallest absolute Gasteiger partial charge is 0.324 e. The molecule has 0 aliphatic heterocycles. The van der Waals surface area contributed by atoms with E-state index in [4.69, 9.17) is 5.11 Å². The minimum absolute atomic E-state index is 0.0951. The van der Waals surface area contributed by atoms with Crippen molar-refractivity contribution in [1.82, 2.24) is 5.01 Å². The van der Waals surface area contributed by atoms with Gasteiger partial charge in [-0.25, -0.2) is 0 Å². The van der Waals surface area contributed by atoms with E-state index < -0.39 is 10.9 Å². The fraction of sp³-hybridized carbons (Fsp3) is 0.222. The summed E-state index contributed by atoms with van der Waals surface area (Å²) >= 11 is 0. The Labute approximate surface area is 96.3 Å². The van der Waals surface area contributed by atoms with Crippen LogP contribution in [0.15, 0.2) is 34.6 Å². The molecule has 0 atom stereocenters. The minimum Gasteiger partial charge on any atom is -0.480 e. The van der Waals surface area contributed by atoms with Crippen molar-refractivity contribution in [2.45, 2.75) is 0 Å². The molecule has 17 heavy (non-hydrogen) atoms. The average molecular weight is 238 g/mol. The van der Waals surface area contributed by atoms with Gasteiger partial charge in [0, 0.05) is 19.2 Å². The number of hydrogen-bond donors (Lipinski definition) is 1. The van der Waals surface area contributed by atoms with Crippen molar-refractivity contribution in [1.29, 1.82) is 0 Å². The third-order valence-electron chi connectivity index (χ3n) is 1.72. The number of rotatable bonds is 5. The summed E-state index contributed by atoms with van der Waals surface area (Å²) in [7, 11) is 1.44. The number of benzene rings is 1. The summed E-state index contributed by atoms with van der Waals surface area (Å²) < 4.78 is 0. The minimum atomic E-state index is -1.04. The van der Waals surface area contributed by atoms with Gasteiger partial charge in [0.15, 0.2) is 0 Å². The summed E-state index contributed by atoms with van der Waals surface area (Å²) in [5.74, 6) is -1.04. The zero-order chi connectivity index (χ0) is 12.8. The van der Waals surface area contributed by atoms with Crippen LogP contribution in [0.2, 0.25) is 0 Å². The molecule has 0 heterocycles. The number of nitrogens with zero attached hydrogens (tertiary/aromatic N) is 4. The molecule has 0 amide bonds. The maximum Gasteiger partial charge on any atom is 0.324 e. The first-order valence-corrected chi connectivity index (χ1v) is 4.58. The Balaban J connectivity index is 2.74. The monoisotopic (exact) mass is 238 g/mol. The van der Waals surface area contributed by atoms with Crippen LogP contribution < -0.4 is 0 Å². The molecular weight excluding hydrogens is 228 g/mol. The van der Waals surface area contributed by atoms with Crippen LogP contribution in [-0.4, -0.2) is 34.6 Å². The van der Waals surface area contributed by atoms with E-state index in [1.54, 1.807) is 0 Å². The Kier molecular flexibility index (Phi) is 4.09. The van der Waals surface area contributed by atoms with E-state index in [0.717, 1.165) is 5.01 Å². The second-order valence-electron chi connectivity index (χ2n) is 3.18. The number of aliphatic carboxylic acids is 1. The summed E-state index contributed by atoms with van der Waals surface area (Å²) in [5.41, 5.74) is 0.193. The number of nitro benzene ring substituents is 1. The predicted octanol–water partition coefficient (Wildman–Crippen LogP) is 1.61. The zero-order valence-electron chi connectivity index (χ0n) is 8.98.